The van der Waals surface area contributed by atoms with Crippen molar-refractivity contribution in [2.24, 2.45) is 0 Å². The van der Waals surface area contributed by atoms with Crippen LogP contribution in [0.15, 0.2) is 65.7 Å². The normalized spacial score (nSPS) is 17.4. The Hall–Kier alpha value is -2.33. The van der Waals surface area contributed by atoms with Gasteiger partial charge in [-0.1, -0.05) is 37.3 Å². The van der Waals surface area contributed by atoms with E-state index in [-0.39, 0.29) is 5.91 Å². The first kappa shape index (κ1) is 15.2. The van der Waals surface area contributed by atoms with Gasteiger partial charge in [0.2, 0.25) is 0 Å². The second-order valence-electron chi connectivity index (χ2n) is 6.02. The second kappa shape index (κ2) is 6.29. The number of aromatic nitrogens is 1. The lowest BCUT2D eigenvalue weighted by Gasteiger charge is -2.23. The topological polar surface area (TPSA) is 33.2 Å². The summed E-state index contributed by atoms with van der Waals surface area (Å²) in [5, 5.41) is 1.41. The van der Waals surface area contributed by atoms with E-state index in [4.69, 9.17) is 0 Å². The summed E-state index contributed by atoms with van der Waals surface area (Å²) in [7, 11) is 0. The van der Waals surface area contributed by atoms with Gasteiger partial charge < -0.3 is 4.90 Å². The van der Waals surface area contributed by atoms with Crippen LogP contribution >= 0.6 is 11.8 Å². The SMILES string of the molecule is CC1CCN(C(=O)c2ccnc3ccccc23)c2ccccc2S1. The summed E-state index contributed by atoms with van der Waals surface area (Å²) >= 11 is 1.85. The number of pyridine rings is 1. The fourth-order valence-electron chi connectivity index (χ4n) is 3.13. The number of anilines is 1. The molecule has 1 aliphatic rings. The van der Waals surface area contributed by atoms with Gasteiger partial charge in [-0.25, -0.2) is 0 Å². The molecule has 3 nitrogen and oxygen atoms in total. The van der Waals surface area contributed by atoms with Crippen molar-refractivity contribution >= 4 is 34.3 Å². The van der Waals surface area contributed by atoms with Crippen LogP contribution in [0.25, 0.3) is 10.9 Å². The molecule has 4 rings (SSSR count). The highest BCUT2D eigenvalue weighted by atomic mass is 32.2. The van der Waals surface area contributed by atoms with Crippen molar-refractivity contribution in [2.75, 3.05) is 11.4 Å². The molecule has 0 aliphatic carbocycles. The van der Waals surface area contributed by atoms with Crippen LogP contribution in [-0.2, 0) is 0 Å². The van der Waals surface area contributed by atoms with Crippen LogP contribution in [0, 0.1) is 0 Å². The van der Waals surface area contributed by atoms with E-state index >= 15 is 0 Å². The third-order valence-electron chi connectivity index (χ3n) is 4.37. The maximum absolute atomic E-state index is 13.3. The number of benzene rings is 2. The highest BCUT2D eigenvalue weighted by molar-refractivity contribution is 8.00. The molecule has 2 aromatic carbocycles. The Bertz CT molecular complexity index is 904. The van der Waals surface area contributed by atoms with Gasteiger partial charge in [0.25, 0.3) is 5.91 Å². The van der Waals surface area contributed by atoms with Gasteiger partial charge in [-0.3, -0.25) is 9.78 Å². The predicted molar refractivity (Wildman–Crippen MR) is 99.8 cm³/mol. The van der Waals surface area contributed by atoms with Gasteiger partial charge in [0.05, 0.1) is 16.8 Å². The van der Waals surface area contributed by atoms with Crippen molar-refractivity contribution in [3.8, 4) is 0 Å². The van der Waals surface area contributed by atoms with Gasteiger partial charge in [-0.05, 0) is 30.7 Å². The van der Waals surface area contributed by atoms with Gasteiger partial charge >= 0.3 is 0 Å². The van der Waals surface area contributed by atoms with E-state index in [1.165, 1.54) is 4.90 Å². The minimum Gasteiger partial charge on any atom is -0.307 e. The average Bonchev–Trinajstić information content (AvgIpc) is 2.79. The molecule has 2 heterocycles. The van der Waals surface area contributed by atoms with E-state index in [2.05, 4.69) is 18.0 Å². The van der Waals surface area contributed by atoms with Gasteiger partial charge in [0, 0.05) is 28.3 Å². The number of nitrogens with zero attached hydrogens (tertiary/aromatic N) is 2. The number of para-hydroxylation sites is 2. The number of hydrogen-bond donors (Lipinski definition) is 0. The van der Waals surface area contributed by atoms with E-state index < -0.39 is 0 Å². The molecule has 24 heavy (non-hydrogen) atoms. The fourth-order valence-corrected chi connectivity index (χ4v) is 4.24. The third-order valence-corrected chi connectivity index (χ3v) is 5.61. The molecule has 1 amide bonds. The van der Waals surface area contributed by atoms with Crippen LogP contribution in [0.1, 0.15) is 23.7 Å². The maximum Gasteiger partial charge on any atom is 0.259 e. The van der Waals surface area contributed by atoms with Gasteiger partial charge in [-0.15, -0.1) is 11.8 Å². The van der Waals surface area contributed by atoms with Crippen LogP contribution in [0.4, 0.5) is 5.69 Å². The van der Waals surface area contributed by atoms with Crippen LogP contribution in [0.3, 0.4) is 0 Å². The summed E-state index contributed by atoms with van der Waals surface area (Å²) in [4.78, 5) is 20.8. The Morgan fingerprint density at radius 1 is 1.12 bits per heavy atom. The minimum atomic E-state index is 0.0516. The molecule has 0 saturated heterocycles. The van der Waals surface area contributed by atoms with Gasteiger partial charge in [0.15, 0.2) is 0 Å². The summed E-state index contributed by atoms with van der Waals surface area (Å²) in [5.41, 5.74) is 2.59. The molecule has 120 valence electrons. The number of amides is 1. The van der Waals surface area contributed by atoms with Crippen LogP contribution in [0.2, 0.25) is 0 Å². The van der Waals surface area contributed by atoms with Crippen molar-refractivity contribution in [1.29, 1.82) is 0 Å². The van der Waals surface area contributed by atoms with E-state index in [0.717, 1.165) is 35.1 Å². The minimum absolute atomic E-state index is 0.0516. The summed E-state index contributed by atoms with van der Waals surface area (Å²) in [5.74, 6) is 0.0516. The predicted octanol–water partition coefficient (Wildman–Crippen LogP) is 4.77. The highest BCUT2D eigenvalue weighted by Crippen LogP contribution is 2.38. The monoisotopic (exact) mass is 334 g/mol. The maximum atomic E-state index is 13.3. The zero-order chi connectivity index (χ0) is 16.5. The molecule has 0 spiro atoms. The van der Waals surface area contributed by atoms with E-state index in [1.807, 2.05) is 65.2 Å². The average molecular weight is 334 g/mol. The summed E-state index contributed by atoms with van der Waals surface area (Å²) in [6.07, 6.45) is 2.70. The zero-order valence-electron chi connectivity index (χ0n) is 13.5. The Kier molecular flexibility index (Phi) is 3.98. The molecular formula is C20H18N2OS. The highest BCUT2D eigenvalue weighted by Gasteiger charge is 2.25. The lowest BCUT2D eigenvalue weighted by molar-refractivity contribution is 0.0988. The van der Waals surface area contributed by atoms with Crippen LogP contribution in [-0.4, -0.2) is 22.7 Å². The van der Waals surface area contributed by atoms with Gasteiger partial charge in [0.1, 0.15) is 0 Å². The summed E-state index contributed by atoms with van der Waals surface area (Å²) in [6.45, 7) is 2.96. The zero-order valence-corrected chi connectivity index (χ0v) is 14.3. The first-order chi connectivity index (χ1) is 11.7. The molecule has 3 aromatic rings. The van der Waals surface area contributed by atoms with Gasteiger partial charge in [-0.2, -0.15) is 0 Å². The Balaban J connectivity index is 1.82. The number of fused-ring (bicyclic) bond motifs is 2. The first-order valence-corrected chi connectivity index (χ1v) is 9.03. The molecule has 0 bridgehead atoms. The Morgan fingerprint density at radius 2 is 1.92 bits per heavy atom. The van der Waals surface area contributed by atoms with Crippen molar-refractivity contribution in [2.45, 2.75) is 23.5 Å². The molecule has 1 aromatic heterocycles. The second-order valence-corrected chi connectivity index (χ2v) is 7.50. The quantitative estimate of drug-likeness (QED) is 0.643. The molecule has 0 N–H and O–H groups in total. The van der Waals surface area contributed by atoms with Crippen LogP contribution < -0.4 is 4.90 Å². The molecule has 0 fully saturated rings. The number of thioether (sulfide) groups is 1. The molecule has 4 heteroatoms. The smallest absolute Gasteiger partial charge is 0.259 e. The van der Waals surface area contributed by atoms with Crippen molar-refractivity contribution < 1.29 is 4.79 Å². The number of carbonyl (C=O) groups is 1. The number of carbonyl (C=O) groups excluding carboxylic acids is 1. The largest absolute Gasteiger partial charge is 0.307 e. The lowest BCUT2D eigenvalue weighted by atomic mass is 10.1. The van der Waals surface area contributed by atoms with E-state index in [9.17, 15) is 4.79 Å². The molecule has 1 unspecified atom stereocenters. The Morgan fingerprint density at radius 3 is 2.83 bits per heavy atom. The lowest BCUT2D eigenvalue weighted by Crippen LogP contribution is -2.32. The number of hydrogen-bond acceptors (Lipinski definition) is 3. The first-order valence-electron chi connectivity index (χ1n) is 8.15. The molecular weight excluding hydrogens is 316 g/mol. The fraction of sp³-hybridized carbons (Fsp3) is 0.200. The third kappa shape index (κ3) is 2.67. The molecule has 1 atom stereocenters. The van der Waals surface area contributed by atoms with Crippen molar-refractivity contribution in [3.63, 3.8) is 0 Å². The summed E-state index contributed by atoms with van der Waals surface area (Å²) in [6, 6.07) is 17.8. The number of rotatable bonds is 1. The molecule has 0 saturated carbocycles. The van der Waals surface area contributed by atoms with Crippen LogP contribution in [0.5, 0.6) is 0 Å². The molecule has 1 aliphatic heterocycles. The Labute approximate surface area is 145 Å². The van der Waals surface area contributed by atoms with E-state index in [0.29, 0.717) is 5.25 Å². The van der Waals surface area contributed by atoms with Crippen molar-refractivity contribution in [1.82, 2.24) is 4.98 Å². The molecule has 0 radical (unpaired) electrons. The summed E-state index contributed by atoms with van der Waals surface area (Å²) < 4.78 is 0. The van der Waals surface area contributed by atoms with Crippen molar-refractivity contribution in [3.05, 3.63) is 66.4 Å². The standard InChI is InChI=1S/C20H18N2OS/c1-14-11-13-22(18-8-4-5-9-19(18)24-14)20(23)16-10-12-21-17-7-3-2-6-15(16)17/h2-10,12,14H,11,13H2,1H3. The van der Waals surface area contributed by atoms with E-state index in [1.54, 1.807) is 6.20 Å².